The molecule has 1 amide bonds. The second kappa shape index (κ2) is 8.92. The van der Waals surface area contributed by atoms with Crippen molar-refractivity contribution in [2.45, 2.75) is 43.3 Å². The molecule has 7 heteroatoms. The Labute approximate surface area is 194 Å². The van der Waals surface area contributed by atoms with Gasteiger partial charge in [-0.2, -0.15) is 0 Å². The summed E-state index contributed by atoms with van der Waals surface area (Å²) in [6.07, 6.45) is 4.32. The molecule has 1 aliphatic rings. The summed E-state index contributed by atoms with van der Waals surface area (Å²) in [5.41, 5.74) is 4.41. The first-order chi connectivity index (χ1) is 15.6. The maximum absolute atomic E-state index is 12.8. The first kappa shape index (κ1) is 21.0. The molecule has 1 aliphatic carbocycles. The standard InChI is InChI=1S/C25H23N3O2S2/c1-16-10-12-17(13-11-16)24(30)27-19-6-2-4-8-21(19)31-15-18-14-23(29)28-20-7-3-5-9-22(20)32-25(28)26-18/h2,4,6,8,10-14H,3,5,7,9,15H2,1H3,(H,27,30). The number of benzene rings is 2. The summed E-state index contributed by atoms with van der Waals surface area (Å²) in [5.74, 6) is 0.422. The number of fused-ring (bicyclic) bond motifs is 3. The molecule has 5 rings (SSSR count). The van der Waals surface area contributed by atoms with E-state index in [9.17, 15) is 9.59 Å². The van der Waals surface area contributed by atoms with Crippen molar-refractivity contribution in [2.24, 2.45) is 0 Å². The lowest BCUT2D eigenvalue weighted by Crippen LogP contribution is -2.17. The fourth-order valence-corrected chi connectivity index (χ4v) is 6.10. The number of thioether (sulfide) groups is 1. The number of hydrogen-bond donors (Lipinski definition) is 1. The normalized spacial score (nSPS) is 13.2. The summed E-state index contributed by atoms with van der Waals surface area (Å²) in [6.45, 7) is 2.00. The van der Waals surface area contributed by atoms with Gasteiger partial charge in [0.25, 0.3) is 11.5 Å². The second-order valence-electron chi connectivity index (χ2n) is 7.99. The molecular weight excluding hydrogens is 438 g/mol. The molecule has 0 fully saturated rings. The van der Waals surface area contributed by atoms with E-state index in [2.05, 4.69) is 5.32 Å². The average Bonchev–Trinajstić information content (AvgIpc) is 3.18. The highest BCUT2D eigenvalue weighted by Crippen LogP contribution is 2.31. The molecule has 5 nitrogen and oxygen atoms in total. The van der Waals surface area contributed by atoms with E-state index in [4.69, 9.17) is 4.98 Å². The second-order valence-corrected chi connectivity index (χ2v) is 10.1. The van der Waals surface area contributed by atoms with E-state index in [-0.39, 0.29) is 11.5 Å². The van der Waals surface area contributed by atoms with Crippen LogP contribution >= 0.6 is 23.1 Å². The monoisotopic (exact) mass is 461 g/mol. The predicted molar refractivity (Wildman–Crippen MR) is 131 cm³/mol. The van der Waals surface area contributed by atoms with E-state index < -0.39 is 0 Å². The van der Waals surface area contributed by atoms with Crippen molar-refractivity contribution in [1.29, 1.82) is 0 Å². The van der Waals surface area contributed by atoms with Crippen molar-refractivity contribution in [3.05, 3.63) is 92.3 Å². The number of thiazole rings is 1. The lowest BCUT2D eigenvalue weighted by molar-refractivity contribution is 0.102. The molecule has 0 saturated carbocycles. The quantitative estimate of drug-likeness (QED) is 0.399. The van der Waals surface area contributed by atoms with E-state index in [1.165, 1.54) is 11.3 Å². The summed E-state index contributed by atoms with van der Waals surface area (Å²) >= 11 is 3.22. The third-order valence-corrected chi connectivity index (χ3v) is 7.89. The third kappa shape index (κ3) is 4.23. The van der Waals surface area contributed by atoms with Gasteiger partial charge in [0.15, 0.2) is 4.96 Å². The third-order valence-electron chi connectivity index (χ3n) is 5.64. The van der Waals surface area contributed by atoms with Gasteiger partial charge in [-0.15, -0.1) is 23.1 Å². The van der Waals surface area contributed by atoms with E-state index in [1.807, 2.05) is 55.5 Å². The van der Waals surface area contributed by atoms with Gasteiger partial charge in [0.1, 0.15) is 0 Å². The lowest BCUT2D eigenvalue weighted by Gasteiger charge is -2.11. The summed E-state index contributed by atoms with van der Waals surface area (Å²) < 4.78 is 1.79. The van der Waals surface area contributed by atoms with E-state index >= 15 is 0 Å². The molecule has 162 valence electrons. The summed E-state index contributed by atoms with van der Waals surface area (Å²) in [7, 11) is 0. The Morgan fingerprint density at radius 2 is 1.91 bits per heavy atom. The van der Waals surface area contributed by atoms with E-state index in [0.29, 0.717) is 11.3 Å². The Balaban J connectivity index is 1.35. The average molecular weight is 462 g/mol. The Kier molecular flexibility index (Phi) is 5.85. The van der Waals surface area contributed by atoms with Crippen LogP contribution in [0.4, 0.5) is 5.69 Å². The molecule has 0 unspecified atom stereocenters. The van der Waals surface area contributed by atoms with Gasteiger partial charge in [-0.3, -0.25) is 14.0 Å². The molecule has 4 aromatic rings. The number of nitrogens with zero attached hydrogens (tertiary/aromatic N) is 2. The minimum Gasteiger partial charge on any atom is -0.321 e. The van der Waals surface area contributed by atoms with Crippen molar-refractivity contribution in [3.8, 4) is 0 Å². The molecule has 0 aliphatic heterocycles. The molecule has 0 spiro atoms. The number of hydrogen-bond acceptors (Lipinski definition) is 5. The number of amides is 1. The van der Waals surface area contributed by atoms with Gasteiger partial charge < -0.3 is 5.32 Å². The van der Waals surface area contributed by atoms with Crippen LogP contribution in [-0.2, 0) is 18.6 Å². The number of anilines is 1. The van der Waals surface area contributed by atoms with Crippen LogP contribution in [0, 0.1) is 6.92 Å². The fourth-order valence-electron chi connectivity index (χ4n) is 3.96. The SMILES string of the molecule is Cc1ccc(C(=O)Nc2ccccc2SCc2cc(=O)n3c4c(sc3n2)CCCC4)cc1. The number of rotatable bonds is 5. The molecule has 1 N–H and O–H groups in total. The number of aryl methyl sites for hydroxylation is 3. The Hall–Kier alpha value is -2.90. The maximum Gasteiger partial charge on any atom is 0.259 e. The van der Waals surface area contributed by atoms with Crippen LogP contribution in [0.3, 0.4) is 0 Å². The molecule has 0 bridgehead atoms. The topological polar surface area (TPSA) is 63.5 Å². The van der Waals surface area contributed by atoms with Crippen LogP contribution < -0.4 is 10.9 Å². The van der Waals surface area contributed by atoms with E-state index in [1.54, 1.807) is 33.6 Å². The molecule has 0 atom stereocenters. The van der Waals surface area contributed by atoms with Gasteiger partial charge in [-0.1, -0.05) is 29.8 Å². The van der Waals surface area contributed by atoms with Crippen LogP contribution in [0.5, 0.6) is 0 Å². The smallest absolute Gasteiger partial charge is 0.259 e. The predicted octanol–water partition coefficient (Wildman–Crippen LogP) is 5.49. The summed E-state index contributed by atoms with van der Waals surface area (Å²) in [4.78, 5) is 33.3. The summed E-state index contributed by atoms with van der Waals surface area (Å²) in [5, 5.41) is 3.01. The number of nitrogens with one attached hydrogen (secondary N) is 1. The molecule has 0 radical (unpaired) electrons. The maximum atomic E-state index is 12.8. The highest BCUT2D eigenvalue weighted by atomic mass is 32.2. The van der Waals surface area contributed by atoms with Crippen LogP contribution in [0.2, 0.25) is 0 Å². The summed E-state index contributed by atoms with van der Waals surface area (Å²) in [6, 6.07) is 16.9. The minimum absolute atomic E-state index is 0.00552. The number of carbonyl (C=O) groups is 1. The van der Waals surface area contributed by atoms with Gasteiger partial charge in [-0.05, 0) is 56.9 Å². The van der Waals surface area contributed by atoms with Crippen molar-refractivity contribution in [2.75, 3.05) is 5.32 Å². The van der Waals surface area contributed by atoms with Crippen molar-refractivity contribution in [1.82, 2.24) is 9.38 Å². The highest BCUT2D eigenvalue weighted by molar-refractivity contribution is 7.98. The zero-order chi connectivity index (χ0) is 22.1. The van der Waals surface area contributed by atoms with Crippen molar-refractivity contribution < 1.29 is 4.79 Å². The Bertz CT molecular complexity index is 1360. The largest absolute Gasteiger partial charge is 0.321 e. The van der Waals surface area contributed by atoms with E-state index in [0.717, 1.165) is 51.8 Å². The molecular formula is C25H23N3O2S2. The first-order valence-electron chi connectivity index (χ1n) is 10.7. The zero-order valence-electron chi connectivity index (χ0n) is 17.8. The minimum atomic E-state index is -0.139. The fraction of sp³-hybridized carbons (Fsp3) is 0.240. The van der Waals surface area contributed by atoms with Gasteiger partial charge >= 0.3 is 0 Å². The van der Waals surface area contributed by atoms with Gasteiger partial charge in [0, 0.05) is 32.8 Å². The molecule has 0 saturated heterocycles. The molecule has 2 heterocycles. The Morgan fingerprint density at radius 3 is 2.75 bits per heavy atom. The Morgan fingerprint density at radius 1 is 1.12 bits per heavy atom. The molecule has 2 aromatic heterocycles. The number of para-hydroxylation sites is 1. The van der Waals surface area contributed by atoms with Crippen LogP contribution in [-0.4, -0.2) is 15.3 Å². The highest BCUT2D eigenvalue weighted by Gasteiger charge is 2.18. The lowest BCUT2D eigenvalue weighted by atomic mass is 10.0. The van der Waals surface area contributed by atoms with Gasteiger partial charge in [0.2, 0.25) is 0 Å². The van der Waals surface area contributed by atoms with Gasteiger partial charge in [-0.25, -0.2) is 4.98 Å². The first-order valence-corrected chi connectivity index (χ1v) is 12.5. The van der Waals surface area contributed by atoms with Crippen molar-refractivity contribution >= 4 is 39.7 Å². The van der Waals surface area contributed by atoms with Crippen LogP contribution in [0.15, 0.2) is 64.3 Å². The van der Waals surface area contributed by atoms with Crippen LogP contribution in [0.1, 0.15) is 45.0 Å². The zero-order valence-corrected chi connectivity index (χ0v) is 19.4. The molecule has 2 aromatic carbocycles. The molecule has 32 heavy (non-hydrogen) atoms. The number of carbonyl (C=O) groups excluding carboxylic acids is 1. The number of aromatic nitrogens is 2. The van der Waals surface area contributed by atoms with Gasteiger partial charge in [0.05, 0.1) is 11.4 Å². The van der Waals surface area contributed by atoms with Crippen LogP contribution in [0.25, 0.3) is 4.96 Å². The van der Waals surface area contributed by atoms with Crippen molar-refractivity contribution in [3.63, 3.8) is 0 Å².